The standard InChI is InChI=1S/C51H67N9O10/c1-7-34-30(2)38-27-42-35(9-11-45(64)70-25-24-69-23-22-68-21-18-61)31(3)37(55-42)26-39-32(4)36(8-10-44(63)58(6)13-12-53-43(62)29-52)48(56-39)47-49-46(33(5)40(57-49)28-41(34)54-38)50(65)60(51(47)66)15-14-59-16-19-67-20-17-59/h9,11,26-28,32,36,56-57,61H,7-8,10,12-25,29,52H2,1-6H3,(H,53,62)/b11-9+,39-26?,41-28?,42-27?,48-47?/t32-,36-/m0/s1. The number of ether oxygens (including phenoxy) is 4. The molecule has 5 aliphatic rings. The van der Waals surface area contributed by atoms with Gasteiger partial charge in [0, 0.05) is 93.1 Å². The number of aromatic nitrogens is 4. The Hall–Kier alpha value is -6.09. The lowest BCUT2D eigenvalue weighted by Crippen LogP contribution is -2.47. The maximum atomic E-state index is 15.2. The Kier molecular flexibility index (Phi) is 17.5. The molecule has 2 aromatic heterocycles. The molecular formula is C51H67N9O10. The second-order valence-corrected chi connectivity index (χ2v) is 17.9. The van der Waals surface area contributed by atoms with E-state index < -0.39 is 11.9 Å². The van der Waals surface area contributed by atoms with Crippen molar-refractivity contribution in [2.24, 2.45) is 5.73 Å². The number of aryl methyl sites for hydroxylation is 1. The van der Waals surface area contributed by atoms with E-state index >= 15 is 4.79 Å². The predicted octanol–water partition coefficient (Wildman–Crippen LogP) is 3.87. The molecule has 19 heteroatoms. The Morgan fingerprint density at radius 3 is 2.36 bits per heavy atom. The highest BCUT2D eigenvalue weighted by atomic mass is 16.6. The van der Waals surface area contributed by atoms with E-state index in [-0.39, 0.29) is 88.6 Å². The van der Waals surface area contributed by atoms with Crippen LogP contribution in [0.1, 0.15) is 119 Å². The van der Waals surface area contributed by atoms with Gasteiger partial charge in [-0.25, -0.2) is 14.8 Å². The SMILES string of the molecule is CCC1=C(C)c2cc3nc(cc4[nH]c(c5c6[nH]c(cc1n2)c(C)c6C(=O)N(CCN1CCOCC1)C5=O)[C@@H](CCC(=O)N(C)CCNC(=O)CN)[C@@H]4C)C(C)=C3/C=C/C(=O)OCCOCCOCCO. The van der Waals surface area contributed by atoms with Crippen LogP contribution in [0.25, 0.3) is 33.3 Å². The van der Waals surface area contributed by atoms with Crippen LogP contribution < -0.4 is 11.1 Å². The van der Waals surface area contributed by atoms with Gasteiger partial charge in [0.25, 0.3) is 11.8 Å². The third kappa shape index (κ3) is 11.6. The summed E-state index contributed by atoms with van der Waals surface area (Å²) < 4.78 is 21.7. The Labute approximate surface area is 408 Å². The van der Waals surface area contributed by atoms with Crippen molar-refractivity contribution in [3.63, 3.8) is 0 Å². The van der Waals surface area contributed by atoms with Gasteiger partial charge in [-0.2, -0.15) is 0 Å². The van der Waals surface area contributed by atoms with Crippen molar-refractivity contribution in [3.05, 3.63) is 81.2 Å². The molecule has 4 amide bonds. The largest absolute Gasteiger partial charge is 0.460 e. The minimum absolute atomic E-state index is 0.0381. The first-order valence-electron chi connectivity index (χ1n) is 24.2. The lowest BCUT2D eigenvalue weighted by atomic mass is 9.84. The topological polar surface area (TPSA) is 248 Å². The Balaban J connectivity index is 1.35. The van der Waals surface area contributed by atoms with Crippen molar-refractivity contribution in [3.8, 4) is 0 Å². The zero-order valence-corrected chi connectivity index (χ0v) is 41.2. The van der Waals surface area contributed by atoms with Crippen LogP contribution in [0.5, 0.6) is 0 Å². The zero-order chi connectivity index (χ0) is 50.1. The van der Waals surface area contributed by atoms with E-state index in [0.717, 1.165) is 22.4 Å². The Bertz CT molecular complexity index is 2640. The molecule has 0 aliphatic carbocycles. The van der Waals surface area contributed by atoms with Crippen LogP contribution in [-0.2, 0) is 33.3 Å². The summed E-state index contributed by atoms with van der Waals surface area (Å²) in [6.45, 7) is 14.5. The number of amides is 4. The first kappa shape index (κ1) is 51.8. The lowest BCUT2D eigenvalue weighted by Gasteiger charge is -2.31. The maximum absolute atomic E-state index is 15.2. The quantitative estimate of drug-likeness (QED) is 0.0516. The van der Waals surface area contributed by atoms with Gasteiger partial charge in [-0.05, 0) is 80.2 Å². The molecule has 70 heavy (non-hydrogen) atoms. The third-order valence-electron chi connectivity index (χ3n) is 13.6. The highest BCUT2D eigenvalue weighted by molar-refractivity contribution is 6.23. The van der Waals surface area contributed by atoms with E-state index in [2.05, 4.69) is 34.0 Å². The average molecular weight is 966 g/mol. The van der Waals surface area contributed by atoms with Crippen LogP contribution in [0, 0.1) is 6.92 Å². The molecule has 0 radical (unpaired) electrons. The Morgan fingerprint density at radius 1 is 0.929 bits per heavy atom. The minimum atomic E-state index is -0.557. The molecule has 1 fully saturated rings. The number of esters is 1. The normalized spacial score (nSPS) is 17.7. The predicted molar refractivity (Wildman–Crippen MR) is 264 cm³/mol. The van der Waals surface area contributed by atoms with Crippen molar-refractivity contribution in [1.29, 1.82) is 0 Å². The van der Waals surface area contributed by atoms with E-state index in [1.807, 2.05) is 39.0 Å². The van der Waals surface area contributed by atoms with Gasteiger partial charge in [-0.1, -0.05) is 13.8 Å². The number of carbonyl (C=O) groups excluding carboxylic acids is 5. The third-order valence-corrected chi connectivity index (χ3v) is 13.6. The van der Waals surface area contributed by atoms with Crippen LogP contribution in [0.2, 0.25) is 0 Å². The second-order valence-electron chi connectivity index (χ2n) is 17.9. The molecule has 0 aromatic carbocycles. The molecular weight excluding hydrogens is 899 g/mol. The number of rotatable bonds is 21. The fourth-order valence-electron chi connectivity index (χ4n) is 9.47. The molecule has 2 aromatic rings. The van der Waals surface area contributed by atoms with Gasteiger partial charge < -0.3 is 50.0 Å². The molecule has 1 saturated heterocycles. The molecule has 19 nitrogen and oxygen atoms in total. The molecule has 2 atom stereocenters. The molecule has 6 N–H and O–H groups in total. The number of imide groups is 1. The van der Waals surface area contributed by atoms with Crippen LogP contribution in [0.3, 0.4) is 0 Å². The van der Waals surface area contributed by atoms with Crippen molar-refractivity contribution in [1.82, 2.24) is 40.0 Å². The minimum Gasteiger partial charge on any atom is -0.460 e. The summed E-state index contributed by atoms with van der Waals surface area (Å²) in [5, 5.41) is 11.6. The fraction of sp³-hybridized carbons (Fsp3) is 0.510. The maximum Gasteiger partial charge on any atom is 0.330 e. The first-order valence-corrected chi connectivity index (χ1v) is 24.2. The van der Waals surface area contributed by atoms with Crippen LogP contribution in [0.4, 0.5) is 0 Å². The Morgan fingerprint density at radius 2 is 1.63 bits per heavy atom. The summed E-state index contributed by atoms with van der Waals surface area (Å²) >= 11 is 0. The number of carbonyl (C=O) groups is 5. The van der Waals surface area contributed by atoms with Gasteiger partial charge in [-0.15, -0.1) is 0 Å². The summed E-state index contributed by atoms with van der Waals surface area (Å²) in [6, 6.07) is 5.82. The van der Waals surface area contributed by atoms with Crippen molar-refractivity contribution in [2.75, 3.05) is 106 Å². The number of nitrogens with two attached hydrogens (primary N) is 1. The first-order chi connectivity index (χ1) is 33.8. The van der Waals surface area contributed by atoms with Crippen LogP contribution >= 0.6 is 0 Å². The summed E-state index contributed by atoms with van der Waals surface area (Å²) in [6.07, 6.45) is 4.23. The fourth-order valence-corrected chi connectivity index (χ4v) is 9.47. The summed E-state index contributed by atoms with van der Waals surface area (Å²) in [4.78, 5) is 91.0. The number of aromatic amines is 2. The molecule has 8 bridgehead atoms. The average Bonchev–Trinajstić information content (AvgIpc) is 4.03. The van der Waals surface area contributed by atoms with Crippen molar-refractivity contribution in [2.45, 2.75) is 65.7 Å². The number of allylic oxidation sites excluding steroid dienone is 5. The van der Waals surface area contributed by atoms with Gasteiger partial charge >= 0.3 is 5.97 Å². The van der Waals surface area contributed by atoms with Gasteiger partial charge in [0.05, 0.1) is 92.2 Å². The zero-order valence-electron chi connectivity index (χ0n) is 41.2. The number of hydrogen-bond acceptors (Lipinski definition) is 14. The van der Waals surface area contributed by atoms with Crippen molar-refractivity contribution < 1.29 is 48.0 Å². The van der Waals surface area contributed by atoms with E-state index in [1.165, 1.54) is 11.0 Å². The van der Waals surface area contributed by atoms with Crippen molar-refractivity contribution >= 4 is 62.9 Å². The number of H-pyrrole nitrogens is 2. The molecule has 0 spiro atoms. The lowest BCUT2D eigenvalue weighted by molar-refractivity contribution is -0.139. The number of aliphatic hydroxyl groups is 1. The van der Waals surface area contributed by atoms with E-state index in [9.17, 15) is 19.2 Å². The molecule has 0 unspecified atom stereocenters. The van der Waals surface area contributed by atoms with Crippen LogP contribution in [-0.4, -0.2) is 175 Å². The number of nitrogens with zero attached hydrogens (tertiary/aromatic N) is 5. The summed E-state index contributed by atoms with van der Waals surface area (Å²) in [5.41, 5.74) is 15.4. The van der Waals surface area contributed by atoms with E-state index in [0.29, 0.717) is 121 Å². The number of likely N-dealkylation sites (N-methyl/N-ethyl adjacent to an activating group) is 1. The van der Waals surface area contributed by atoms with Crippen LogP contribution in [0.15, 0.2) is 30.4 Å². The molecule has 376 valence electrons. The monoisotopic (exact) mass is 966 g/mol. The van der Waals surface area contributed by atoms with E-state index in [1.54, 1.807) is 18.0 Å². The second kappa shape index (κ2) is 23.7. The van der Waals surface area contributed by atoms with Gasteiger partial charge in [-0.3, -0.25) is 29.0 Å². The number of morpholine rings is 1. The summed E-state index contributed by atoms with van der Waals surface area (Å²) in [5.74, 6) is -2.45. The number of fused-ring (bicyclic) bond motifs is 8. The molecule has 5 aliphatic heterocycles. The van der Waals surface area contributed by atoms with E-state index in [4.69, 9.17) is 39.8 Å². The number of aliphatic hydroxyl groups excluding tert-OH is 1. The molecule has 7 heterocycles. The molecule has 0 saturated carbocycles. The smallest absolute Gasteiger partial charge is 0.330 e. The number of hydrogen-bond donors (Lipinski definition) is 5. The highest BCUT2D eigenvalue weighted by Gasteiger charge is 2.41. The van der Waals surface area contributed by atoms with Gasteiger partial charge in [0.2, 0.25) is 11.8 Å². The highest BCUT2D eigenvalue weighted by Crippen LogP contribution is 2.45. The molecule has 7 rings (SSSR count). The summed E-state index contributed by atoms with van der Waals surface area (Å²) in [7, 11) is 1.69. The number of nitrogens with one attached hydrogen (secondary N) is 3. The van der Waals surface area contributed by atoms with Gasteiger partial charge in [0.15, 0.2) is 0 Å². The van der Waals surface area contributed by atoms with Gasteiger partial charge in [0.1, 0.15) is 6.61 Å².